The quantitative estimate of drug-likeness (QED) is 0.639. The highest BCUT2D eigenvalue weighted by Crippen LogP contribution is 2.44. The summed E-state index contributed by atoms with van der Waals surface area (Å²) in [5.41, 5.74) is 16.4. The number of hydrogen-bond acceptors (Lipinski definition) is 3. The predicted octanol–water partition coefficient (Wildman–Crippen LogP) is 2.18. The molecule has 0 bridgehead atoms. The maximum Gasteiger partial charge on any atom is 0.128 e. The van der Waals surface area contributed by atoms with Crippen LogP contribution in [-0.4, -0.2) is 5.60 Å². The van der Waals surface area contributed by atoms with Crippen molar-refractivity contribution in [3.05, 3.63) is 16.7 Å². The van der Waals surface area contributed by atoms with Crippen molar-refractivity contribution in [2.45, 2.75) is 39.7 Å². The highest BCUT2D eigenvalue weighted by molar-refractivity contribution is 5.78. The molecule has 1 aromatic carbocycles. The molecule has 1 aliphatic rings. The molecule has 1 aliphatic heterocycles. The first-order chi connectivity index (χ1) is 6.83. The normalized spacial score (nSPS) is 17.3. The van der Waals surface area contributed by atoms with Crippen molar-refractivity contribution in [3.8, 4) is 5.75 Å². The number of benzene rings is 1. The van der Waals surface area contributed by atoms with Gasteiger partial charge in [-0.05, 0) is 38.8 Å². The summed E-state index contributed by atoms with van der Waals surface area (Å²) < 4.78 is 5.91. The second-order valence-corrected chi connectivity index (χ2v) is 4.92. The average molecular weight is 206 g/mol. The van der Waals surface area contributed by atoms with Crippen LogP contribution in [0.2, 0.25) is 0 Å². The van der Waals surface area contributed by atoms with Gasteiger partial charge in [0.25, 0.3) is 0 Å². The summed E-state index contributed by atoms with van der Waals surface area (Å²) >= 11 is 0. The Hall–Kier alpha value is -1.38. The van der Waals surface area contributed by atoms with Crippen molar-refractivity contribution in [1.82, 2.24) is 0 Å². The van der Waals surface area contributed by atoms with Crippen LogP contribution >= 0.6 is 0 Å². The standard InChI is InChI=1S/C12H18N2O/c1-6-7(2)11-8(10(14)9(6)13)5-12(3,4)15-11/h5,13-14H2,1-4H3. The van der Waals surface area contributed by atoms with E-state index in [2.05, 4.69) is 13.8 Å². The third-order valence-electron chi connectivity index (χ3n) is 3.18. The van der Waals surface area contributed by atoms with Crippen LogP contribution in [0.3, 0.4) is 0 Å². The lowest BCUT2D eigenvalue weighted by Gasteiger charge is -2.18. The van der Waals surface area contributed by atoms with Crippen LogP contribution in [0.4, 0.5) is 11.4 Å². The second-order valence-electron chi connectivity index (χ2n) is 4.92. The summed E-state index contributed by atoms with van der Waals surface area (Å²) in [7, 11) is 0. The summed E-state index contributed by atoms with van der Waals surface area (Å²) in [4.78, 5) is 0. The minimum atomic E-state index is -0.165. The fourth-order valence-electron chi connectivity index (χ4n) is 2.14. The smallest absolute Gasteiger partial charge is 0.128 e. The van der Waals surface area contributed by atoms with Crippen molar-refractivity contribution in [2.24, 2.45) is 0 Å². The van der Waals surface area contributed by atoms with E-state index in [1.54, 1.807) is 0 Å². The van der Waals surface area contributed by atoms with Gasteiger partial charge in [0, 0.05) is 12.0 Å². The zero-order chi connectivity index (χ0) is 11.4. The van der Waals surface area contributed by atoms with Crippen LogP contribution in [0.5, 0.6) is 5.75 Å². The summed E-state index contributed by atoms with van der Waals surface area (Å²) in [6.07, 6.45) is 0.833. The Morgan fingerprint density at radius 1 is 1.07 bits per heavy atom. The molecule has 82 valence electrons. The first-order valence-electron chi connectivity index (χ1n) is 5.19. The van der Waals surface area contributed by atoms with Gasteiger partial charge in [0.1, 0.15) is 11.4 Å². The van der Waals surface area contributed by atoms with Crippen molar-refractivity contribution in [3.63, 3.8) is 0 Å². The molecule has 4 N–H and O–H groups in total. The Bertz CT molecular complexity index is 397. The topological polar surface area (TPSA) is 61.3 Å². The molecule has 0 fully saturated rings. The molecule has 3 nitrogen and oxygen atoms in total. The van der Waals surface area contributed by atoms with E-state index in [0.717, 1.165) is 28.9 Å². The SMILES string of the molecule is Cc1c(C)c2c(c(N)c1N)CC(C)(C)O2. The van der Waals surface area contributed by atoms with Crippen LogP contribution < -0.4 is 16.2 Å². The van der Waals surface area contributed by atoms with E-state index in [1.807, 2.05) is 13.8 Å². The molecule has 0 aliphatic carbocycles. The van der Waals surface area contributed by atoms with Gasteiger partial charge in [0.2, 0.25) is 0 Å². The van der Waals surface area contributed by atoms with Crippen LogP contribution in [0.1, 0.15) is 30.5 Å². The Morgan fingerprint density at radius 2 is 1.67 bits per heavy atom. The Balaban J connectivity index is 2.69. The molecular formula is C12H18N2O. The third-order valence-corrected chi connectivity index (χ3v) is 3.18. The van der Waals surface area contributed by atoms with Crippen LogP contribution in [0.15, 0.2) is 0 Å². The van der Waals surface area contributed by atoms with Crippen molar-refractivity contribution in [2.75, 3.05) is 11.5 Å². The molecule has 0 unspecified atom stereocenters. The molecule has 0 radical (unpaired) electrons. The molecule has 15 heavy (non-hydrogen) atoms. The summed E-state index contributed by atoms with van der Waals surface area (Å²) in [6, 6.07) is 0. The average Bonchev–Trinajstić information content (AvgIpc) is 2.48. The molecule has 0 saturated heterocycles. The zero-order valence-corrected chi connectivity index (χ0v) is 9.77. The molecule has 0 atom stereocenters. The number of ether oxygens (including phenoxy) is 1. The zero-order valence-electron chi connectivity index (χ0n) is 9.77. The first-order valence-corrected chi connectivity index (χ1v) is 5.19. The number of rotatable bonds is 0. The molecule has 2 rings (SSSR count). The summed E-state index contributed by atoms with van der Waals surface area (Å²) in [6.45, 7) is 8.15. The van der Waals surface area contributed by atoms with Gasteiger partial charge in [-0.2, -0.15) is 0 Å². The van der Waals surface area contributed by atoms with E-state index in [4.69, 9.17) is 16.2 Å². The van der Waals surface area contributed by atoms with Gasteiger partial charge >= 0.3 is 0 Å². The van der Waals surface area contributed by atoms with E-state index in [1.165, 1.54) is 0 Å². The molecular weight excluding hydrogens is 188 g/mol. The van der Waals surface area contributed by atoms with Crippen LogP contribution in [0.25, 0.3) is 0 Å². The Labute approximate surface area is 90.4 Å². The summed E-state index contributed by atoms with van der Waals surface area (Å²) in [5.74, 6) is 0.934. The second kappa shape index (κ2) is 2.81. The van der Waals surface area contributed by atoms with E-state index in [0.29, 0.717) is 11.4 Å². The van der Waals surface area contributed by atoms with Crippen molar-refractivity contribution >= 4 is 11.4 Å². The molecule has 0 aromatic heterocycles. The fourth-order valence-corrected chi connectivity index (χ4v) is 2.14. The third kappa shape index (κ3) is 1.34. The van der Waals surface area contributed by atoms with E-state index in [9.17, 15) is 0 Å². The van der Waals surface area contributed by atoms with Gasteiger partial charge in [-0.1, -0.05) is 0 Å². The lowest BCUT2D eigenvalue weighted by Crippen LogP contribution is -2.24. The van der Waals surface area contributed by atoms with Gasteiger partial charge in [0.15, 0.2) is 0 Å². The highest BCUT2D eigenvalue weighted by atomic mass is 16.5. The highest BCUT2D eigenvalue weighted by Gasteiger charge is 2.34. The van der Waals surface area contributed by atoms with Crippen molar-refractivity contribution in [1.29, 1.82) is 0 Å². The maximum absolute atomic E-state index is 6.02. The maximum atomic E-state index is 6.02. The molecule has 1 heterocycles. The number of anilines is 2. The Morgan fingerprint density at radius 3 is 2.27 bits per heavy atom. The molecule has 1 aromatic rings. The van der Waals surface area contributed by atoms with Gasteiger partial charge in [-0.15, -0.1) is 0 Å². The van der Waals surface area contributed by atoms with Gasteiger partial charge in [0.05, 0.1) is 11.4 Å². The number of hydrogen-bond donors (Lipinski definition) is 2. The first kappa shape index (κ1) is 10.1. The number of fused-ring (bicyclic) bond motifs is 1. The largest absolute Gasteiger partial charge is 0.487 e. The molecule has 0 amide bonds. The monoisotopic (exact) mass is 206 g/mol. The van der Waals surface area contributed by atoms with Gasteiger partial charge < -0.3 is 16.2 Å². The number of nitrogen functional groups attached to an aromatic ring is 2. The lowest BCUT2D eigenvalue weighted by molar-refractivity contribution is 0.137. The number of nitrogens with two attached hydrogens (primary N) is 2. The van der Waals surface area contributed by atoms with Crippen molar-refractivity contribution < 1.29 is 4.74 Å². The van der Waals surface area contributed by atoms with E-state index >= 15 is 0 Å². The van der Waals surface area contributed by atoms with E-state index in [-0.39, 0.29) is 5.60 Å². The minimum Gasteiger partial charge on any atom is -0.487 e. The van der Waals surface area contributed by atoms with Gasteiger partial charge in [-0.3, -0.25) is 0 Å². The van der Waals surface area contributed by atoms with Gasteiger partial charge in [-0.25, -0.2) is 0 Å². The van der Waals surface area contributed by atoms with Crippen LogP contribution in [0, 0.1) is 13.8 Å². The molecule has 0 spiro atoms. The molecule has 3 heteroatoms. The van der Waals surface area contributed by atoms with Crippen LogP contribution in [-0.2, 0) is 6.42 Å². The van der Waals surface area contributed by atoms with E-state index < -0.39 is 0 Å². The Kier molecular flexibility index (Phi) is 1.90. The summed E-state index contributed by atoms with van der Waals surface area (Å²) in [5, 5.41) is 0. The predicted molar refractivity (Wildman–Crippen MR) is 63.2 cm³/mol. The molecule has 0 saturated carbocycles. The fraction of sp³-hybridized carbons (Fsp3) is 0.500. The lowest BCUT2D eigenvalue weighted by atomic mass is 9.95. The minimum absolute atomic E-state index is 0.165.